The highest BCUT2D eigenvalue weighted by molar-refractivity contribution is 7.20. The highest BCUT2D eigenvalue weighted by Crippen LogP contribution is 2.27. The number of fused-ring (bicyclic) bond motifs is 1. The Morgan fingerprint density at radius 1 is 1.40 bits per heavy atom. The number of aromatic carboxylic acids is 1. The maximum absolute atomic E-state index is 12.4. The van der Waals surface area contributed by atoms with E-state index < -0.39 is 11.9 Å². The summed E-state index contributed by atoms with van der Waals surface area (Å²) < 4.78 is 1.35. The molecule has 0 aromatic carbocycles. The number of carbonyl (C=O) groups excluding carboxylic acids is 1. The molecule has 0 spiro atoms. The number of carbonyl (C=O) groups is 2. The molecular formula is C12H13N3O4S. The van der Waals surface area contributed by atoms with Crippen molar-refractivity contribution in [2.24, 2.45) is 5.73 Å². The molecular weight excluding hydrogens is 282 g/mol. The Kier molecular flexibility index (Phi) is 3.58. The van der Waals surface area contributed by atoms with Gasteiger partial charge in [-0.3, -0.25) is 14.2 Å². The van der Waals surface area contributed by atoms with E-state index >= 15 is 0 Å². The van der Waals surface area contributed by atoms with Crippen LogP contribution in [0, 0.1) is 13.8 Å². The third kappa shape index (κ3) is 2.29. The van der Waals surface area contributed by atoms with Crippen molar-refractivity contribution in [2.75, 3.05) is 0 Å². The summed E-state index contributed by atoms with van der Waals surface area (Å²) in [5.74, 6) is -1.15. The van der Waals surface area contributed by atoms with Crippen LogP contribution in [0.25, 0.3) is 10.2 Å². The van der Waals surface area contributed by atoms with Gasteiger partial charge in [0.05, 0.1) is 5.39 Å². The van der Waals surface area contributed by atoms with Gasteiger partial charge < -0.3 is 10.8 Å². The van der Waals surface area contributed by atoms with Crippen LogP contribution >= 0.6 is 11.3 Å². The second kappa shape index (κ2) is 5.04. The lowest BCUT2D eigenvalue weighted by atomic mass is 10.2. The molecule has 0 bridgehead atoms. The zero-order valence-corrected chi connectivity index (χ0v) is 11.8. The Hall–Kier alpha value is -2.22. The quantitative estimate of drug-likeness (QED) is 0.859. The predicted molar refractivity (Wildman–Crippen MR) is 74.1 cm³/mol. The number of carboxylic acid groups (broad SMARTS) is 1. The number of nitrogens with two attached hydrogens (primary N) is 1. The molecule has 2 aromatic rings. The van der Waals surface area contributed by atoms with Crippen molar-refractivity contribution < 1.29 is 14.7 Å². The fraction of sp³-hybridized carbons (Fsp3) is 0.333. The minimum atomic E-state index is -1.08. The van der Waals surface area contributed by atoms with Gasteiger partial charge in [0.15, 0.2) is 0 Å². The van der Waals surface area contributed by atoms with Gasteiger partial charge in [0.1, 0.15) is 15.5 Å². The zero-order valence-electron chi connectivity index (χ0n) is 11.0. The molecule has 0 saturated carbocycles. The summed E-state index contributed by atoms with van der Waals surface area (Å²) in [4.78, 5) is 39.1. The number of aromatic nitrogens is 2. The number of hydrogen-bond donors (Lipinski definition) is 2. The van der Waals surface area contributed by atoms with Gasteiger partial charge in [0, 0.05) is 13.0 Å². The van der Waals surface area contributed by atoms with Crippen molar-refractivity contribution in [3.05, 3.63) is 26.6 Å². The SMILES string of the molecule is Cc1c(C(=O)O)sc2nc(C)n(CCC(N)=O)c(=O)c12. The number of thiophene rings is 1. The largest absolute Gasteiger partial charge is 0.477 e. The van der Waals surface area contributed by atoms with Crippen LogP contribution in [0.3, 0.4) is 0 Å². The van der Waals surface area contributed by atoms with Gasteiger partial charge in [-0.05, 0) is 19.4 Å². The van der Waals surface area contributed by atoms with Crippen LogP contribution in [-0.4, -0.2) is 26.5 Å². The molecule has 2 heterocycles. The highest BCUT2D eigenvalue weighted by Gasteiger charge is 2.20. The topological polar surface area (TPSA) is 115 Å². The lowest BCUT2D eigenvalue weighted by Crippen LogP contribution is -2.26. The lowest BCUT2D eigenvalue weighted by molar-refractivity contribution is -0.118. The third-order valence-corrected chi connectivity index (χ3v) is 4.19. The summed E-state index contributed by atoms with van der Waals surface area (Å²) in [6.45, 7) is 3.36. The summed E-state index contributed by atoms with van der Waals surface area (Å²) in [6, 6.07) is 0. The van der Waals surface area contributed by atoms with E-state index in [1.165, 1.54) is 4.57 Å². The van der Waals surface area contributed by atoms with Crippen LogP contribution in [-0.2, 0) is 11.3 Å². The first-order valence-electron chi connectivity index (χ1n) is 5.85. The highest BCUT2D eigenvalue weighted by atomic mass is 32.1. The van der Waals surface area contributed by atoms with Crippen LogP contribution in [0.1, 0.15) is 27.5 Å². The predicted octanol–water partition coefficient (Wildman–Crippen LogP) is 0.648. The van der Waals surface area contributed by atoms with E-state index in [4.69, 9.17) is 10.8 Å². The van der Waals surface area contributed by atoms with Crippen LogP contribution in [0.2, 0.25) is 0 Å². The first-order chi connectivity index (χ1) is 9.32. The van der Waals surface area contributed by atoms with E-state index in [-0.39, 0.29) is 23.4 Å². The van der Waals surface area contributed by atoms with E-state index in [0.717, 1.165) is 11.3 Å². The van der Waals surface area contributed by atoms with Crippen LogP contribution in [0.15, 0.2) is 4.79 Å². The number of aryl methyl sites for hydroxylation is 2. The number of primary amides is 1. The first kappa shape index (κ1) is 14.2. The van der Waals surface area contributed by atoms with Crippen molar-refractivity contribution >= 4 is 33.4 Å². The number of rotatable bonds is 4. The van der Waals surface area contributed by atoms with Gasteiger partial charge in [-0.15, -0.1) is 11.3 Å². The average molecular weight is 295 g/mol. The Morgan fingerprint density at radius 2 is 2.05 bits per heavy atom. The van der Waals surface area contributed by atoms with Crippen molar-refractivity contribution in [3.8, 4) is 0 Å². The molecule has 0 saturated heterocycles. The molecule has 20 heavy (non-hydrogen) atoms. The zero-order chi connectivity index (χ0) is 15.0. The summed E-state index contributed by atoms with van der Waals surface area (Å²) in [5, 5.41) is 9.38. The van der Waals surface area contributed by atoms with E-state index in [9.17, 15) is 14.4 Å². The van der Waals surface area contributed by atoms with Gasteiger partial charge in [0.25, 0.3) is 5.56 Å². The minimum absolute atomic E-state index is 0.0307. The van der Waals surface area contributed by atoms with E-state index in [2.05, 4.69) is 4.98 Å². The molecule has 0 aliphatic carbocycles. The standard InChI is InChI=1S/C12H13N3O4S/c1-5-8-10(20-9(5)12(18)19)14-6(2)15(11(8)17)4-3-7(13)16/h3-4H2,1-2H3,(H2,13,16)(H,18,19). The summed E-state index contributed by atoms with van der Waals surface area (Å²) in [5.41, 5.74) is 5.14. The van der Waals surface area contributed by atoms with Gasteiger partial charge in [-0.2, -0.15) is 0 Å². The first-order valence-corrected chi connectivity index (χ1v) is 6.66. The van der Waals surface area contributed by atoms with Gasteiger partial charge in [0.2, 0.25) is 5.91 Å². The van der Waals surface area contributed by atoms with Crippen molar-refractivity contribution in [3.63, 3.8) is 0 Å². The van der Waals surface area contributed by atoms with E-state index in [1.54, 1.807) is 13.8 Å². The van der Waals surface area contributed by atoms with E-state index in [1.807, 2.05) is 0 Å². The Morgan fingerprint density at radius 3 is 2.60 bits per heavy atom. The van der Waals surface area contributed by atoms with Crippen molar-refractivity contribution in [1.29, 1.82) is 0 Å². The maximum atomic E-state index is 12.4. The monoisotopic (exact) mass is 295 g/mol. The van der Waals surface area contributed by atoms with Crippen molar-refractivity contribution in [1.82, 2.24) is 9.55 Å². The molecule has 0 aliphatic rings. The van der Waals surface area contributed by atoms with Gasteiger partial charge >= 0.3 is 5.97 Å². The molecule has 3 N–H and O–H groups in total. The van der Waals surface area contributed by atoms with Gasteiger partial charge in [-0.25, -0.2) is 9.78 Å². The Labute approximate surface area is 117 Å². The summed E-state index contributed by atoms with van der Waals surface area (Å²) >= 11 is 0.978. The molecule has 106 valence electrons. The number of hydrogen-bond acceptors (Lipinski definition) is 5. The van der Waals surface area contributed by atoms with Crippen LogP contribution in [0.5, 0.6) is 0 Å². The summed E-state index contributed by atoms with van der Waals surface area (Å²) in [7, 11) is 0. The molecule has 7 nitrogen and oxygen atoms in total. The molecule has 2 aromatic heterocycles. The smallest absolute Gasteiger partial charge is 0.346 e. The molecule has 0 fully saturated rings. The number of nitrogens with zero attached hydrogens (tertiary/aromatic N) is 2. The second-order valence-corrected chi connectivity index (χ2v) is 5.37. The maximum Gasteiger partial charge on any atom is 0.346 e. The molecule has 2 rings (SSSR count). The molecule has 0 unspecified atom stereocenters. The molecule has 0 aliphatic heterocycles. The van der Waals surface area contributed by atoms with Crippen LogP contribution < -0.4 is 11.3 Å². The Balaban J connectivity index is 2.68. The third-order valence-electron chi connectivity index (χ3n) is 3.02. The second-order valence-electron chi connectivity index (χ2n) is 4.37. The van der Waals surface area contributed by atoms with Crippen molar-refractivity contribution in [2.45, 2.75) is 26.8 Å². The molecule has 0 radical (unpaired) electrons. The molecule has 0 atom stereocenters. The molecule has 1 amide bonds. The van der Waals surface area contributed by atoms with Gasteiger partial charge in [-0.1, -0.05) is 0 Å². The molecule has 8 heteroatoms. The lowest BCUT2D eigenvalue weighted by Gasteiger charge is -2.08. The van der Waals surface area contributed by atoms with E-state index in [0.29, 0.717) is 21.6 Å². The summed E-state index contributed by atoms with van der Waals surface area (Å²) in [6.07, 6.45) is 0.0307. The average Bonchev–Trinajstić information content (AvgIpc) is 2.65. The Bertz CT molecular complexity index is 775. The fourth-order valence-corrected chi connectivity index (χ4v) is 3.06. The minimum Gasteiger partial charge on any atom is -0.477 e. The number of carboxylic acids is 1. The van der Waals surface area contributed by atoms with Crippen LogP contribution in [0.4, 0.5) is 0 Å². The number of amides is 1. The fourth-order valence-electron chi connectivity index (χ4n) is 2.01. The normalized spacial score (nSPS) is 10.9.